The Hall–Kier alpha value is -3.08. The molecule has 0 spiro atoms. The van der Waals surface area contributed by atoms with Crippen LogP contribution in [0.25, 0.3) is 33.5 Å². The number of aromatic nitrogens is 5. The average molecular weight is 495 g/mol. The van der Waals surface area contributed by atoms with Crippen molar-refractivity contribution in [1.29, 1.82) is 0 Å². The molecule has 1 aromatic carbocycles. The average Bonchev–Trinajstić information content (AvgIpc) is 3.32. The van der Waals surface area contributed by atoms with Crippen molar-refractivity contribution in [2.24, 2.45) is 7.05 Å². The summed E-state index contributed by atoms with van der Waals surface area (Å²) in [5, 5.41) is 18.1. The zero-order valence-electron chi connectivity index (χ0n) is 21.3. The molecule has 3 heterocycles. The van der Waals surface area contributed by atoms with Gasteiger partial charge in [0.2, 0.25) is 0 Å². The molecule has 0 aliphatic rings. The van der Waals surface area contributed by atoms with Gasteiger partial charge in [-0.15, -0.1) is 0 Å². The van der Waals surface area contributed by atoms with Gasteiger partial charge in [0.15, 0.2) is 5.65 Å². The number of nitrogens with one attached hydrogen (secondary N) is 1. The van der Waals surface area contributed by atoms with E-state index in [0.717, 1.165) is 22.5 Å². The second-order valence-corrected chi connectivity index (χ2v) is 16.0. The lowest BCUT2D eigenvalue weighted by atomic mass is 10.1. The standard InChI is InChI=1S/C25H34N6O3Si/c1-16(2)27-25(33)19-13-31(15-34-9-10-35(4,5)6)24-23(19)28-20(12-26-24)22-18-11-17(14-32)7-8-21(18)30(3)29-22/h7-8,11-13,16,32H,9-10,14-15H2,1-6H3,(H,27,33). The molecule has 35 heavy (non-hydrogen) atoms. The van der Waals surface area contributed by atoms with E-state index in [1.807, 2.05) is 43.7 Å². The van der Waals surface area contributed by atoms with E-state index in [4.69, 9.17) is 9.72 Å². The largest absolute Gasteiger partial charge is 0.392 e. The number of amides is 1. The number of aliphatic hydroxyl groups is 1. The highest BCUT2D eigenvalue weighted by Crippen LogP contribution is 2.29. The minimum absolute atomic E-state index is 0.0123. The maximum absolute atomic E-state index is 13.0. The first-order chi connectivity index (χ1) is 16.6. The Bertz CT molecular complexity index is 1370. The number of benzene rings is 1. The number of aryl methyl sites for hydroxylation is 1. The molecule has 3 aromatic heterocycles. The van der Waals surface area contributed by atoms with Crippen molar-refractivity contribution in [2.75, 3.05) is 6.61 Å². The maximum atomic E-state index is 13.0. The number of rotatable bonds is 9. The molecule has 0 fully saturated rings. The Balaban J connectivity index is 1.76. The van der Waals surface area contributed by atoms with E-state index >= 15 is 0 Å². The molecule has 0 aliphatic heterocycles. The molecule has 4 aromatic rings. The normalized spacial score (nSPS) is 12.2. The molecule has 0 saturated carbocycles. The number of hydrogen-bond acceptors (Lipinski definition) is 6. The summed E-state index contributed by atoms with van der Waals surface area (Å²) >= 11 is 0. The minimum atomic E-state index is -1.20. The molecule has 186 valence electrons. The molecule has 0 saturated heterocycles. The van der Waals surface area contributed by atoms with Crippen molar-refractivity contribution in [3.8, 4) is 11.4 Å². The van der Waals surface area contributed by atoms with E-state index in [1.165, 1.54) is 0 Å². The van der Waals surface area contributed by atoms with Crippen molar-refractivity contribution in [3.05, 3.63) is 41.7 Å². The number of nitrogens with zero attached hydrogens (tertiary/aromatic N) is 5. The second-order valence-electron chi connectivity index (χ2n) is 10.4. The second kappa shape index (κ2) is 9.88. The van der Waals surface area contributed by atoms with E-state index in [0.29, 0.717) is 41.5 Å². The van der Waals surface area contributed by atoms with Crippen LogP contribution in [0, 0.1) is 0 Å². The first-order valence-corrected chi connectivity index (χ1v) is 15.6. The summed E-state index contributed by atoms with van der Waals surface area (Å²) in [6, 6.07) is 6.76. The van der Waals surface area contributed by atoms with Gasteiger partial charge in [-0.1, -0.05) is 25.7 Å². The van der Waals surface area contributed by atoms with Crippen LogP contribution in [-0.2, 0) is 25.1 Å². The Morgan fingerprint density at radius 3 is 2.71 bits per heavy atom. The first-order valence-electron chi connectivity index (χ1n) is 11.9. The lowest BCUT2D eigenvalue weighted by Crippen LogP contribution is -2.30. The third-order valence-corrected chi connectivity index (χ3v) is 7.50. The summed E-state index contributed by atoms with van der Waals surface area (Å²) in [4.78, 5) is 22.5. The first kappa shape index (κ1) is 25.0. The van der Waals surface area contributed by atoms with Crippen LogP contribution in [-0.4, -0.2) is 56.1 Å². The highest BCUT2D eigenvalue weighted by Gasteiger charge is 2.21. The number of ether oxygens (including phenoxy) is 1. The van der Waals surface area contributed by atoms with Crippen LogP contribution in [0.5, 0.6) is 0 Å². The molecule has 10 heteroatoms. The molecule has 0 atom stereocenters. The van der Waals surface area contributed by atoms with Crippen LogP contribution < -0.4 is 5.32 Å². The Kier molecular flexibility index (Phi) is 7.07. The molecule has 0 bridgehead atoms. The molecular weight excluding hydrogens is 460 g/mol. The van der Waals surface area contributed by atoms with Gasteiger partial charge in [-0.05, 0) is 37.6 Å². The van der Waals surface area contributed by atoms with Crippen molar-refractivity contribution < 1.29 is 14.6 Å². The number of hydrogen-bond donors (Lipinski definition) is 2. The third kappa shape index (κ3) is 5.44. The van der Waals surface area contributed by atoms with Gasteiger partial charge in [-0.25, -0.2) is 9.97 Å². The minimum Gasteiger partial charge on any atom is -0.392 e. The van der Waals surface area contributed by atoms with Gasteiger partial charge in [-0.2, -0.15) is 5.10 Å². The van der Waals surface area contributed by atoms with E-state index in [2.05, 4.69) is 35.0 Å². The van der Waals surface area contributed by atoms with Gasteiger partial charge in [0.05, 0.1) is 23.9 Å². The molecule has 0 radical (unpaired) electrons. The fourth-order valence-electron chi connectivity index (χ4n) is 3.91. The third-order valence-electron chi connectivity index (χ3n) is 5.80. The van der Waals surface area contributed by atoms with Gasteiger partial charge in [0.25, 0.3) is 5.91 Å². The van der Waals surface area contributed by atoms with Crippen LogP contribution in [0.1, 0.15) is 29.8 Å². The fourth-order valence-corrected chi connectivity index (χ4v) is 4.67. The lowest BCUT2D eigenvalue weighted by Gasteiger charge is -2.15. The van der Waals surface area contributed by atoms with Gasteiger partial charge < -0.3 is 19.7 Å². The summed E-state index contributed by atoms with van der Waals surface area (Å²) < 4.78 is 9.56. The summed E-state index contributed by atoms with van der Waals surface area (Å²) in [5.74, 6) is -0.203. The molecule has 4 rings (SSSR count). The predicted molar refractivity (Wildman–Crippen MR) is 140 cm³/mol. The van der Waals surface area contributed by atoms with Crippen molar-refractivity contribution in [1.82, 2.24) is 29.6 Å². The Morgan fingerprint density at radius 2 is 2.03 bits per heavy atom. The molecule has 0 aliphatic carbocycles. The van der Waals surface area contributed by atoms with Gasteiger partial charge in [-0.3, -0.25) is 9.48 Å². The van der Waals surface area contributed by atoms with Crippen LogP contribution >= 0.6 is 0 Å². The monoisotopic (exact) mass is 494 g/mol. The summed E-state index contributed by atoms with van der Waals surface area (Å²) in [5.41, 5.74) is 4.48. The molecular formula is C25H34N6O3Si. The van der Waals surface area contributed by atoms with Crippen molar-refractivity contribution >= 4 is 36.0 Å². The summed E-state index contributed by atoms with van der Waals surface area (Å²) in [7, 11) is 0.664. The van der Waals surface area contributed by atoms with Gasteiger partial charge >= 0.3 is 0 Å². The number of aliphatic hydroxyl groups excluding tert-OH is 1. The highest BCUT2D eigenvalue weighted by atomic mass is 28.3. The highest BCUT2D eigenvalue weighted by molar-refractivity contribution is 6.76. The smallest absolute Gasteiger partial charge is 0.255 e. The zero-order chi connectivity index (χ0) is 25.3. The summed E-state index contributed by atoms with van der Waals surface area (Å²) in [6.45, 7) is 11.7. The molecule has 2 N–H and O–H groups in total. The van der Waals surface area contributed by atoms with Crippen LogP contribution in [0.4, 0.5) is 0 Å². The van der Waals surface area contributed by atoms with Gasteiger partial charge in [0.1, 0.15) is 23.6 Å². The topological polar surface area (TPSA) is 107 Å². The molecule has 0 unspecified atom stereocenters. The quantitative estimate of drug-likeness (QED) is 0.270. The van der Waals surface area contributed by atoms with E-state index in [1.54, 1.807) is 17.1 Å². The number of fused-ring (bicyclic) bond motifs is 2. The van der Waals surface area contributed by atoms with Crippen LogP contribution in [0.3, 0.4) is 0 Å². The molecule has 9 nitrogen and oxygen atoms in total. The fraction of sp³-hybridized carbons (Fsp3) is 0.440. The molecule has 1 amide bonds. The van der Waals surface area contributed by atoms with Crippen LogP contribution in [0.2, 0.25) is 25.7 Å². The summed E-state index contributed by atoms with van der Waals surface area (Å²) in [6.07, 6.45) is 3.44. The Labute approximate surface area is 206 Å². The Morgan fingerprint density at radius 1 is 1.26 bits per heavy atom. The lowest BCUT2D eigenvalue weighted by molar-refractivity contribution is 0.0890. The van der Waals surface area contributed by atoms with E-state index in [9.17, 15) is 9.90 Å². The zero-order valence-corrected chi connectivity index (χ0v) is 22.3. The maximum Gasteiger partial charge on any atom is 0.255 e. The predicted octanol–water partition coefficient (Wildman–Crippen LogP) is 3.93. The van der Waals surface area contributed by atoms with Gasteiger partial charge in [0, 0.05) is 39.4 Å². The van der Waals surface area contributed by atoms with E-state index in [-0.39, 0.29) is 18.6 Å². The SMILES string of the molecule is CC(C)NC(=O)c1cn(COCC[Si](C)(C)C)c2ncc(-c3nn(C)c4ccc(CO)cc34)nc12. The van der Waals surface area contributed by atoms with Crippen LogP contribution in [0.15, 0.2) is 30.6 Å². The number of carbonyl (C=O) groups is 1. The van der Waals surface area contributed by atoms with Crippen molar-refractivity contribution in [3.63, 3.8) is 0 Å². The van der Waals surface area contributed by atoms with E-state index < -0.39 is 8.07 Å². The van der Waals surface area contributed by atoms with Crippen molar-refractivity contribution in [2.45, 2.75) is 58.9 Å². The number of carbonyl (C=O) groups excluding carboxylic acids is 1.